The van der Waals surface area contributed by atoms with Gasteiger partial charge in [0.1, 0.15) is 0 Å². The molecule has 0 aliphatic heterocycles. The number of aromatic nitrogens is 2. The van der Waals surface area contributed by atoms with Gasteiger partial charge in [0.2, 0.25) is 5.91 Å². The van der Waals surface area contributed by atoms with E-state index in [2.05, 4.69) is 26.3 Å². The van der Waals surface area contributed by atoms with Crippen molar-refractivity contribution < 1.29 is 4.79 Å². The molecule has 0 aromatic carbocycles. The van der Waals surface area contributed by atoms with Gasteiger partial charge in [-0.1, -0.05) is 13.3 Å². The monoisotopic (exact) mass is 327 g/mol. The zero-order valence-electron chi connectivity index (χ0n) is 11.9. The fourth-order valence-electron chi connectivity index (χ4n) is 2.31. The minimum Gasteiger partial charge on any atom is -0.356 e. The fourth-order valence-corrected chi connectivity index (χ4v) is 2.60. The number of hydrogen-bond acceptors (Lipinski definition) is 2. The van der Waals surface area contributed by atoms with Crippen LogP contribution in [-0.2, 0) is 11.3 Å². The Morgan fingerprint density at radius 1 is 1.53 bits per heavy atom. The van der Waals surface area contributed by atoms with Crippen LogP contribution in [0.5, 0.6) is 0 Å². The Labute approximate surface area is 123 Å². The van der Waals surface area contributed by atoms with Gasteiger partial charge in [0, 0.05) is 12.2 Å². The van der Waals surface area contributed by atoms with E-state index < -0.39 is 0 Å². The third-order valence-corrected chi connectivity index (χ3v) is 5.12. The Hall–Kier alpha value is -0.840. The molecule has 1 amide bonds. The van der Waals surface area contributed by atoms with Gasteiger partial charge >= 0.3 is 0 Å². The summed E-state index contributed by atoms with van der Waals surface area (Å²) in [6.07, 6.45) is 3.84. The molecule has 1 saturated carbocycles. The van der Waals surface area contributed by atoms with Gasteiger partial charge in [-0.15, -0.1) is 0 Å². The number of nitrogens with one attached hydrogen (secondary N) is 1. The second-order valence-corrected chi connectivity index (χ2v) is 6.40. The second-order valence-electron chi connectivity index (χ2n) is 5.61. The lowest BCUT2D eigenvalue weighted by molar-refractivity contribution is -0.125. The van der Waals surface area contributed by atoms with Crippen molar-refractivity contribution in [3.05, 3.63) is 15.9 Å². The van der Waals surface area contributed by atoms with Crippen LogP contribution in [0.2, 0.25) is 0 Å². The minimum absolute atomic E-state index is 0.0509. The van der Waals surface area contributed by atoms with Gasteiger partial charge in [-0.25, -0.2) is 0 Å². The normalized spacial score (nSPS) is 17.1. The quantitative estimate of drug-likeness (QED) is 0.903. The molecule has 0 radical (unpaired) electrons. The summed E-state index contributed by atoms with van der Waals surface area (Å²) >= 11 is 3.51. The van der Waals surface area contributed by atoms with Gasteiger partial charge in [-0.3, -0.25) is 9.48 Å². The standard InChI is InChI=1S/C14H22BrN3O/c1-9(14(19)16-7-12-5-4-6-12)8-18-11(3)13(15)10(2)17-18/h9,12H,4-8H2,1-3H3,(H,16,19). The number of aryl methyl sites for hydroxylation is 1. The van der Waals surface area contributed by atoms with Crippen LogP contribution < -0.4 is 5.32 Å². The van der Waals surface area contributed by atoms with Crippen molar-refractivity contribution in [3.63, 3.8) is 0 Å². The van der Waals surface area contributed by atoms with Crippen LogP contribution >= 0.6 is 15.9 Å². The van der Waals surface area contributed by atoms with Gasteiger partial charge in [0.05, 0.1) is 22.6 Å². The van der Waals surface area contributed by atoms with Crippen molar-refractivity contribution in [2.75, 3.05) is 6.54 Å². The van der Waals surface area contributed by atoms with Crippen LogP contribution in [0.25, 0.3) is 0 Å². The highest BCUT2D eigenvalue weighted by atomic mass is 79.9. The maximum absolute atomic E-state index is 12.0. The maximum atomic E-state index is 12.0. The number of hydrogen-bond donors (Lipinski definition) is 1. The van der Waals surface area contributed by atoms with Crippen molar-refractivity contribution >= 4 is 21.8 Å². The van der Waals surface area contributed by atoms with Crippen LogP contribution in [0.15, 0.2) is 4.47 Å². The Morgan fingerprint density at radius 2 is 2.21 bits per heavy atom. The van der Waals surface area contributed by atoms with Gasteiger partial charge in [-0.05, 0) is 48.5 Å². The van der Waals surface area contributed by atoms with Crippen LogP contribution in [0.3, 0.4) is 0 Å². The molecule has 0 bridgehead atoms. The summed E-state index contributed by atoms with van der Waals surface area (Å²) in [4.78, 5) is 12.0. The summed E-state index contributed by atoms with van der Waals surface area (Å²) in [6.45, 7) is 7.41. The summed E-state index contributed by atoms with van der Waals surface area (Å²) in [5, 5.41) is 7.50. The lowest BCUT2D eigenvalue weighted by Gasteiger charge is -2.26. The molecule has 1 unspecified atom stereocenters. The molecule has 1 aromatic rings. The lowest BCUT2D eigenvalue weighted by Crippen LogP contribution is -2.36. The SMILES string of the molecule is Cc1nn(CC(C)C(=O)NCC2CCC2)c(C)c1Br. The average molecular weight is 328 g/mol. The van der Waals surface area contributed by atoms with E-state index in [4.69, 9.17) is 0 Å². The smallest absolute Gasteiger partial charge is 0.224 e. The molecule has 1 atom stereocenters. The summed E-state index contributed by atoms with van der Waals surface area (Å²) in [6, 6.07) is 0. The van der Waals surface area contributed by atoms with E-state index in [1.165, 1.54) is 19.3 Å². The summed E-state index contributed by atoms with van der Waals surface area (Å²) < 4.78 is 2.95. The van der Waals surface area contributed by atoms with Crippen LogP contribution in [-0.4, -0.2) is 22.2 Å². The largest absolute Gasteiger partial charge is 0.356 e. The first-order chi connectivity index (χ1) is 8.99. The third-order valence-electron chi connectivity index (χ3n) is 3.98. The predicted octanol–water partition coefficient (Wildman–Crippen LogP) is 2.81. The van der Waals surface area contributed by atoms with Crippen molar-refractivity contribution in [2.24, 2.45) is 11.8 Å². The number of rotatable bonds is 5. The van der Waals surface area contributed by atoms with Gasteiger partial charge < -0.3 is 5.32 Å². The van der Waals surface area contributed by atoms with E-state index in [1.54, 1.807) is 0 Å². The average Bonchev–Trinajstić information content (AvgIpc) is 2.55. The number of nitrogens with zero attached hydrogens (tertiary/aromatic N) is 2. The first-order valence-corrected chi connectivity index (χ1v) is 7.75. The number of carbonyl (C=O) groups excluding carboxylic acids is 1. The summed E-state index contributed by atoms with van der Waals surface area (Å²) in [5.41, 5.74) is 2.05. The van der Waals surface area contributed by atoms with Crippen molar-refractivity contribution in [1.82, 2.24) is 15.1 Å². The van der Waals surface area contributed by atoms with Gasteiger partial charge in [0.15, 0.2) is 0 Å². The molecule has 1 heterocycles. The summed E-state index contributed by atoms with van der Waals surface area (Å²) in [7, 11) is 0. The molecule has 1 aliphatic rings. The minimum atomic E-state index is -0.0509. The molecule has 5 heteroatoms. The molecule has 4 nitrogen and oxygen atoms in total. The highest BCUT2D eigenvalue weighted by Gasteiger charge is 2.21. The van der Waals surface area contributed by atoms with Crippen molar-refractivity contribution in [2.45, 2.75) is 46.6 Å². The fraction of sp³-hybridized carbons (Fsp3) is 0.714. The number of halogens is 1. The van der Waals surface area contributed by atoms with E-state index in [-0.39, 0.29) is 11.8 Å². The molecule has 1 N–H and O–H groups in total. The molecular formula is C14H22BrN3O. The van der Waals surface area contributed by atoms with E-state index in [1.807, 2.05) is 25.5 Å². The topological polar surface area (TPSA) is 46.9 Å². The van der Waals surface area contributed by atoms with E-state index in [0.29, 0.717) is 12.5 Å². The van der Waals surface area contributed by atoms with Gasteiger partial charge in [0.25, 0.3) is 0 Å². The molecule has 1 aliphatic carbocycles. The highest BCUT2D eigenvalue weighted by molar-refractivity contribution is 9.10. The van der Waals surface area contributed by atoms with E-state index in [9.17, 15) is 4.79 Å². The molecule has 0 saturated heterocycles. The molecule has 106 valence electrons. The van der Waals surface area contributed by atoms with Crippen LogP contribution in [0, 0.1) is 25.7 Å². The van der Waals surface area contributed by atoms with Gasteiger partial charge in [-0.2, -0.15) is 5.10 Å². The predicted molar refractivity (Wildman–Crippen MR) is 78.9 cm³/mol. The first-order valence-electron chi connectivity index (χ1n) is 6.96. The molecule has 0 spiro atoms. The van der Waals surface area contributed by atoms with Crippen molar-refractivity contribution in [3.8, 4) is 0 Å². The van der Waals surface area contributed by atoms with E-state index in [0.717, 1.165) is 22.4 Å². The lowest BCUT2D eigenvalue weighted by atomic mass is 9.85. The number of carbonyl (C=O) groups is 1. The maximum Gasteiger partial charge on any atom is 0.224 e. The highest BCUT2D eigenvalue weighted by Crippen LogP contribution is 2.25. The zero-order chi connectivity index (χ0) is 14.0. The number of amides is 1. The molecule has 19 heavy (non-hydrogen) atoms. The Balaban J connectivity index is 1.86. The van der Waals surface area contributed by atoms with Crippen LogP contribution in [0.1, 0.15) is 37.6 Å². The third kappa shape index (κ3) is 3.38. The molecule has 2 rings (SSSR count). The zero-order valence-corrected chi connectivity index (χ0v) is 13.5. The Bertz CT molecular complexity index is 466. The Morgan fingerprint density at radius 3 is 2.68 bits per heavy atom. The Kier molecular flexibility index (Phi) is 4.66. The first kappa shape index (κ1) is 14.6. The molecular weight excluding hydrogens is 306 g/mol. The van der Waals surface area contributed by atoms with Crippen LogP contribution in [0.4, 0.5) is 0 Å². The van der Waals surface area contributed by atoms with Crippen molar-refractivity contribution in [1.29, 1.82) is 0 Å². The molecule has 1 aromatic heterocycles. The molecule has 1 fully saturated rings. The summed E-state index contributed by atoms with van der Waals surface area (Å²) in [5.74, 6) is 0.791. The second kappa shape index (κ2) is 6.07. The van der Waals surface area contributed by atoms with E-state index >= 15 is 0 Å².